The summed E-state index contributed by atoms with van der Waals surface area (Å²) in [5.41, 5.74) is 3.13. The van der Waals surface area contributed by atoms with Gasteiger partial charge in [-0.1, -0.05) is 26.0 Å². The second-order valence-electron chi connectivity index (χ2n) is 4.55. The number of nitrogens with zero attached hydrogens (tertiary/aromatic N) is 1. The number of allylic oxidation sites excluding steroid dienone is 2. The molecule has 0 aromatic heterocycles. The van der Waals surface area contributed by atoms with Crippen LogP contribution in [0.1, 0.15) is 33.6 Å². The summed E-state index contributed by atoms with van der Waals surface area (Å²) in [6.07, 6.45) is 7.14. The topological polar surface area (TPSA) is 3.24 Å². The predicted molar refractivity (Wildman–Crippen MR) is 63.4 cm³/mol. The van der Waals surface area contributed by atoms with E-state index in [-0.39, 0.29) is 0 Å². The summed E-state index contributed by atoms with van der Waals surface area (Å²) in [5.74, 6) is 0.670. The Bertz CT molecular complexity index is 236. The van der Waals surface area contributed by atoms with Crippen LogP contribution in [0.4, 0.5) is 0 Å². The summed E-state index contributed by atoms with van der Waals surface area (Å²) >= 11 is 0. The van der Waals surface area contributed by atoms with Gasteiger partial charge in [-0.05, 0) is 43.9 Å². The quantitative estimate of drug-likeness (QED) is 0.618. The predicted octanol–water partition coefficient (Wildman–Crippen LogP) is 3.24. The van der Waals surface area contributed by atoms with E-state index in [1.54, 1.807) is 11.1 Å². The minimum atomic E-state index is 0.670. The van der Waals surface area contributed by atoms with E-state index >= 15 is 0 Å². The van der Waals surface area contributed by atoms with Gasteiger partial charge in [-0.3, -0.25) is 0 Å². The zero-order valence-electron chi connectivity index (χ0n) is 10.0. The molecule has 1 heteroatoms. The normalized spacial score (nSPS) is 26.1. The van der Waals surface area contributed by atoms with E-state index < -0.39 is 0 Å². The Morgan fingerprint density at radius 3 is 2.21 bits per heavy atom. The van der Waals surface area contributed by atoms with E-state index in [0.717, 1.165) is 0 Å². The van der Waals surface area contributed by atoms with Crippen LogP contribution in [0.25, 0.3) is 0 Å². The molecule has 0 aliphatic carbocycles. The lowest BCUT2D eigenvalue weighted by Crippen LogP contribution is -2.18. The van der Waals surface area contributed by atoms with Crippen molar-refractivity contribution < 1.29 is 0 Å². The minimum absolute atomic E-state index is 0.670. The summed E-state index contributed by atoms with van der Waals surface area (Å²) < 4.78 is 0. The van der Waals surface area contributed by atoms with Crippen LogP contribution in [0.3, 0.4) is 0 Å². The van der Waals surface area contributed by atoms with Crippen LogP contribution in [0, 0.1) is 5.92 Å². The molecule has 0 radical (unpaired) electrons. The van der Waals surface area contributed by atoms with Crippen molar-refractivity contribution in [3.05, 3.63) is 23.3 Å². The Balaban J connectivity index is 2.79. The molecule has 1 aliphatic heterocycles. The third kappa shape index (κ3) is 3.30. The SMILES string of the molecule is C/C=C1/CCN(C)CC/C1=C/C(C)C. The van der Waals surface area contributed by atoms with Crippen LogP contribution in [0.2, 0.25) is 0 Å². The van der Waals surface area contributed by atoms with Crippen LogP contribution in [-0.2, 0) is 0 Å². The fraction of sp³-hybridized carbons (Fsp3) is 0.692. The molecule has 0 bridgehead atoms. The van der Waals surface area contributed by atoms with E-state index in [9.17, 15) is 0 Å². The molecule has 0 atom stereocenters. The highest BCUT2D eigenvalue weighted by atomic mass is 15.1. The van der Waals surface area contributed by atoms with Crippen LogP contribution in [-0.4, -0.2) is 25.0 Å². The standard InChI is InChI=1S/C13H23N/c1-5-12-6-8-14(4)9-7-13(12)10-11(2)3/h5,10-11H,6-9H2,1-4H3/b12-5-,13-10-. The van der Waals surface area contributed by atoms with E-state index in [1.165, 1.54) is 25.9 Å². The van der Waals surface area contributed by atoms with Gasteiger partial charge in [0.1, 0.15) is 0 Å². The molecule has 80 valence electrons. The first-order valence-corrected chi connectivity index (χ1v) is 5.68. The third-order valence-electron chi connectivity index (χ3n) is 2.82. The van der Waals surface area contributed by atoms with Gasteiger partial charge in [0, 0.05) is 13.1 Å². The number of hydrogen-bond acceptors (Lipinski definition) is 1. The highest BCUT2D eigenvalue weighted by Crippen LogP contribution is 2.23. The number of hydrogen-bond donors (Lipinski definition) is 0. The van der Waals surface area contributed by atoms with Crippen molar-refractivity contribution in [2.75, 3.05) is 20.1 Å². The van der Waals surface area contributed by atoms with Gasteiger partial charge in [-0.2, -0.15) is 0 Å². The highest BCUT2D eigenvalue weighted by Gasteiger charge is 2.12. The average molecular weight is 193 g/mol. The van der Waals surface area contributed by atoms with Gasteiger partial charge in [0.25, 0.3) is 0 Å². The number of likely N-dealkylation sites (tertiary alicyclic amines) is 1. The lowest BCUT2D eigenvalue weighted by atomic mass is 9.97. The number of rotatable bonds is 1. The lowest BCUT2D eigenvalue weighted by molar-refractivity contribution is 0.355. The van der Waals surface area contributed by atoms with Gasteiger partial charge in [-0.25, -0.2) is 0 Å². The van der Waals surface area contributed by atoms with Crippen molar-refractivity contribution in [2.24, 2.45) is 5.92 Å². The van der Waals surface area contributed by atoms with Gasteiger partial charge in [0.2, 0.25) is 0 Å². The molecule has 1 saturated heterocycles. The molecule has 0 N–H and O–H groups in total. The molecule has 14 heavy (non-hydrogen) atoms. The monoisotopic (exact) mass is 193 g/mol. The maximum Gasteiger partial charge on any atom is 0.00189 e. The highest BCUT2D eigenvalue weighted by molar-refractivity contribution is 5.32. The maximum absolute atomic E-state index is 2.43. The molecule has 1 aliphatic rings. The van der Waals surface area contributed by atoms with E-state index in [1.807, 2.05) is 0 Å². The van der Waals surface area contributed by atoms with Crippen LogP contribution in [0.5, 0.6) is 0 Å². The molecule has 0 aromatic carbocycles. The summed E-state index contributed by atoms with van der Waals surface area (Å²) in [6.45, 7) is 9.09. The fourth-order valence-corrected chi connectivity index (χ4v) is 1.98. The molecule has 1 nitrogen and oxygen atoms in total. The van der Waals surface area contributed by atoms with Gasteiger partial charge < -0.3 is 4.90 Å². The largest absolute Gasteiger partial charge is 0.306 e. The van der Waals surface area contributed by atoms with Crippen LogP contribution in [0.15, 0.2) is 23.3 Å². The molecule has 0 saturated carbocycles. The van der Waals surface area contributed by atoms with E-state index in [2.05, 4.69) is 44.9 Å². The lowest BCUT2D eigenvalue weighted by Gasteiger charge is -2.10. The summed E-state index contributed by atoms with van der Waals surface area (Å²) in [7, 11) is 2.21. The third-order valence-corrected chi connectivity index (χ3v) is 2.82. The molecule has 0 aromatic rings. The molecule has 1 fully saturated rings. The van der Waals surface area contributed by atoms with Crippen molar-refractivity contribution in [3.8, 4) is 0 Å². The Kier molecular flexibility index (Phi) is 4.40. The molecular weight excluding hydrogens is 170 g/mol. The molecule has 1 heterocycles. The fourth-order valence-electron chi connectivity index (χ4n) is 1.98. The Hall–Kier alpha value is -0.560. The molecular formula is C13H23N. The van der Waals surface area contributed by atoms with Crippen molar-refractivity contribution in [2.45, 2.75) is 33.6 Å². The molecule has 0 unspecified atom stereocenters. The van der Waals surface area contributed by atoms with Crippen molar-refractivity contribution in [1.82, 2.24) is 4.90 Å². The summed E-state index contributed by atoms with van der Waals surface area (Å²) in [4.78, 5) is 2.42. The van der Waals surface area contributed by atoms with Crippen LogP contribution < -0.4 is 0 Å². The Labute approximate surface area is 88.5 Å². The van der Waals surface area contributed by atoms with E-state index in [4.69, 9.17) is 0 Å². The second-order valence-corrected chi connectivity index (χ2v) is 4.55. The first kappa shape index (κ1) is 11.5. The van der Waals surface area contributed by atoms with Gasteiger partial charge in [0.15, 0.2) is 0 Å². The first-order chi connectivity index (χ1) is 6.63. The molecule has 1 rings (SSSR count). The smallest absolute Gasteiger partial charge is 0.00189 e. The minimum Gasteiger partial charge on any atom is -0.306 e. The van der Waals surface area contributed by atoms with Gasteiger partial charge in [0.05, 0.1) is 0 Å². The summed E-state index contributed by atoms with van der Waals surface area (Å²) in [5, 5.41) is 0. The van der Waals surface area contributed by atoms with Crippen molar-refractivity contribution >= 4 is 0 Å². The maximum atomic E-state index is 2.43. The van der Waals surface area contributed by atoms with Crippen molar-refractivity contribution in [1.29, 1.82) is 0 Å². The zero-order valence-corrected chi connectivity index (χ0v) is 10.0. The van der Waals surface area contributed by atoms with Crippen LogP contribution >= 0.6 is 0 Å². The van der Waals surface area contributed by atoms with E-state index in [0.29, 0.717) is 5.92 Å². The van der Waals surface area contributed by atoms with Gasteiger partial charge in [-0.15, -0.1) is 0 Å². The Morgan fingerprint density at radius 2 is 1.71 bits per heavy atom. The second kappa shape index (κ2) is 5.35. The Morgan fingerprint density at radius 1 is 1.14 bits per heavy atom. The zero-order chi connectivity index (χ0) is 10.6. The van der Waals surface area contributed by atoms with Gasteiger partial charge >= 0.3 is 0 Å². The first-order valence-electron chi connectivity index (χ1n) is 5.68. The molecule has 0 amide bonds. The summed E-state index contributed by atoms with van der Waals surface area (Å²) in [6, 6.07) is 0. The average Bonchev–Trinajstić information content (AvgIpc) is 2.28. The van der Waals surface area contributed by atoms with Crippen molar-refractivity contribution in [3.63, 3.8) is 0 Å². The molecule has 0 spiro atoms.